The predicted molar refractivity (Wildman–Crippen MR) is 108 cm³/mol. The molecule has 3 N–H and O–H groups in total. The number of nitrogens with zero attached hydrogens (tertiary/aromatic N) is 1. The van der Waals surface area contributed by atoms with Crippen LogP contribution in [0.4, 0.5) is 10.6 Å². The van der Waals surface area contributed by atoms with Crippen LogP contribution in [0, 0.1) is 5.92 Å². The van der Waals surface area contributed by atoms with E-state index in [1.54, 1.807) is 6.20 Å². The third-order valence-corrected chi connectivity index (χ3v) is 4.49. The molecule has 0 bridgehead atoms. The number of carbonyl (C=O) groups is 1. The van der Waals surface area contributed by atoms with Gasteiger partial charge in [0.05, 0.1) is 7.11 Å². The first-order valence-corrected chi connectivity index (χ1v) is 9.31. The van der Waals surface area contributed by atoms with Crippen molar-refractivity contribution in [3.8, 4) is 22.6 Å². The first-order valence-electron chi connectivity index (χ1n) is 9.31. The van der Waals surface area contributed by atoms with Gasteiger partial charge in [0.1, 0.15) is 19.0 Å². The molecule has 0 spiro atoms. The zero-order chi connectivity index (χ0) is 20.3. The Bertz CT molecular complexity index is 865. The third-order valence-electron chi connectivity index (χ3n) is 4.49. The lowest BCUT2D eigenvalue weighted by Crippen LogP contribution is -2.43. The summed E-state index contributed by atoms with van der Waals surface area (Å²) in [4.78, 5) is 15.7. The average Bonchev–Trinajstić information content (AvgIpc) is 2.65. The summed E-state index contributed by atoms with van der Waals surface area (Å²) in [6.07, 6.45) is 1.92. The maximum Gasteiger partial charge on any atom is 0.412 e. The minimum atomic E-state index is -0.592. The Morgan fingerprint density at radius 1 is 1.36 bits per heavy atom. The molecule has 0 aliphatic carbocycles. The lowest BCUT2D eigenvalue weighted by molar-refractivity contribution is 0.186. The highest BCUT2D eigenvalue weighted by atomic mass is 16.5. The Labute approximate surface area is 165 Å². The van der Waals surface area contributed by atoms with E-state index in [-0.39, 0.29) is 5.54 Å². The van der Waals surface area contributed by atoms with E-state index in [2.05, 4.69) is 28.9 Å². The molecule has 1 aromatic heterocycles. The van der Waals surface area contributed by atoms with Crippen LogP contribution in [0.3, 0.4) is 0 Å². The Kier molecular flexibility index (Phi) is 5.74. The third kappa shape index (κ3) is 4.54. The van der Waals surface area contributed by atoms with Crippen LogP contribution in [0.5, 0.6) is 11.5 Å². The van der Waals surface area contributed by atoms with Crippen LogP contribution in [0.1, 0.15) is 32.8 Å². The number of aromatic nitrogens is 1. The van der Waals surface area contributed by atoms with E-state index in [9.17, 15) is 4.79 Å². The Hall–Kier alpha value is -2.80. The fourth-order valence-electron chi connectivity index (χ4n) is 3.47. The van der Waals surface area contributed by atoms with Gasteiger partial charge in [0.15, 0.2) is 11.6 Å². The number of anilines is 1. The van der Waals surface area contributed by atoms with Crippen molar-refractivity contribution in [1.82, 2.24) is 4.98 Å². The van der Waals surface area contributed by atoms with Gasteiger partial charge >= 0.3 is 6.09 Å². The summed E-state index contributed by atoms with van der Waals surface area (Å²) in [7, 11) is 1.30. The number of hydrogen-bond donors (Lipinski definition) is 2. The van der Waals surface area contributed by atoms with Gasteiger partial charge in [0, 0.05) is 22.9 Å². The van der Waals surface area contributed by atoms with Crippen molar-refractivity contribution in [2.24, 2.45) is 11.7 Å². The smallest absolute Gasteiger partial charge is 0.412 e. The summed E-state index contributed by atoms with van der Waals surface area (Å²) in [6, 6.07) is 7.74. The van der Waals surface area contributed by atoms with Crippen LogP contribution in [-0.2, 0) is 11.3 Å². The maximum absolute atomic E-state index is 11.5. The Balaban J connectivity index is 1.80. The number of pyridine rings is 1. The van der Waals surface area contributed by atoms with E-state index in [1.165, 1.54) is 7.11 Å². The number of nitrogens with one attached hydrogen (secondary N) is 1. The summed E-state index contributed by atoms with van der Waals surface area (Å²) in [6.45, 7) is 7.10. The minimum Gasteiger partial charge on any atom is -0.492 e. The summed E-state index contributed by atoms with van der Waals surface area (Å²) >= 11 is 0. The standard InChI is InChI=1S/C21H27N3O4/c1-13(2)10-21(3,22)12-28-15-5-6-16-14(9-15)11-27-18-17(16)7-8-23-19(18)24-20(25)26-4/h5-9,13H,10-12,22H2,1-4H3,(H,23,24,25)/t21-/m0/s1. The van der Waals surface area contributed by atoms with Crippen molar-refractivity contribution in [3.05, 3.63) is 36.0 Å². The second-order valence-corrected chi connectivity index (χ2v) is 7.80. The number of amides is 1. The molecule has 2 aromatic rings. The van der Waals surface area contributed by atoms with E-state index in [4.69, 9.17) is 15.2 Å². The zero-order valence-electron chi connectivity index (χ0n) is 16.7. The predicted octanol–water partition coefficient (Wildman–Crippen LogP) is 3.96. The van der Waals surface area contributed by atoms with Crippen molar-refractivity contribution in [1.29, 1.82) is 0 Å². The second kappa shape index (κ2) is 8.06. The molecule has 1 aromatic carbocycles. The van der Waals surface area contributed by atoms with Gasteiger partial charge in [0.2, 0.25) is 0 Å². The SMILES string of the molecule is COC(=O)Nc1nccc2c1OCc1cc(OC[C@@](C)(N)CC(C)C)ccc1-2. The van der Waals surface area contributed by atoms with Crippen molar-refractivity contribution in [2.75, 3.05) is 19.0 Å². The highest BCUT2D eigenvalue weighted by Gasteiger charge is 2.24. The number of hydrogen-bond acceptors (Lipinski definition) is 6. The van der Waals surface area contributed by atoms with Gasteiger partial charge in [-0.25, -0.2) is 9.78 Å². The van der Waals surface area contributed by atoms with E-state index in [0.29, 0.717) is 30.7 Å². The number of rotatable bonds is 6. The summed E-state index contributed by atoms with van der Waals surface area (Å²) in [5.41, 5.74) is 8.83. The molecular weight excluding hydrogens is 358 g/mol. The summed E-state index contributed by atoms with van der Waals surface area (Å²) in [5.74, 6) is 2.13. The molecule has 7 nitrogen and oxygen atoms in total. The molecule has 0 radical (unpaired) electrons. The largest absolute Gasteiger partial charge is 0.492 e. The topological polar surface area (TPSA) is 95.7 Å². The number of benzene rings is 1. The normalized spacial score (nSPS) is 14.4. The maximum atomic E-state index is 11.5. The molecule has 1 aliphatic rings. The van der Waals surface area contributed by atoms with E-state index < -0.39 is 6.09 Å². The molecule has 150 valence electrons. The quantitative estimate of drug-likeness (QED) is 0.781. The fourth-order valence-corrected chi connectivity index (χ4v) is 3.47. The molecule has 1 amide bonds. The average molecular weight is 385 g/mol. The first kappa shape index (κ1) is 19.9. The van der Waals surface area contributed by atoms with Gasteiger partial charge in [0.25, 0.3) is 0 Å². The molecule has 1 atom stereocenters. The molecule has 0 unspecified atom stereocenters. The highest BCUT2D eigenvalue weighted by Crippen LogP contribution is 2.42. The van der Waals surface area contributed by atoms with E-state index >= 15 is 0 Å². The van der Waals surface area contributed by atoms with Crippen LogP contribution < -0.4 is 20.5 Å². The van der Waals surface area contributed by atoms with Crippen LogP contribution in [-0.4, -0.2) is 30.3 Å². The van der Waals surface area contributed by atoms with Crippen LogP contribution in [0.25, 0.3) is 11.1 Å². The Morgan fingerprint density at radius 3 is 2.86 bits per heavy atom. The number of carbonyl (C=O) groups excluding carboxylic acids is 1. The van der Waals surface area contributed by atoms with Gasteiger partial charge in [-0.05, 0) is 43.0 Å². The van der Waals surface area contributed by atoms with Crippen molar-refractivity contribution >= 4 is 11.9 Å². The molecule has 2 heterocycles. The molecule has 7 heteroatoms. The Morgan fingerprint density at radius 2 is 2.14 bits per heavy atom. The zero-order valence-corrected chi connectivity index (χ0v) is 16.7. The molecular formula is C21H27N3O4. The minimum absolute atomic E-state index is 0.336. The van der Waals surface area contributed by atoms with Crippen LogP contribution >= 0.6 is 0 Å². The van der Waals surface area contributed by atoms with Gasteiger partial charge in [-0.2, -0.15) is 0 Å². The molecule has 1 aliphatic heterocycles. The first-order chi connectivity index (χ1) is 13.3. The van der Waals surface area contributed by atoms with Gasteiger partial charge in [-0.15, -0.1) is 0 Å². The van der Waals surface area contributed by atoms with Crippen molar-refractivity contribution < 1.29 is 19.0 Å². The number of nitrogens with two attached hydrogens (primary N) is 1. The second-order valence-electron chi connectivity index (χ2n) is 7.80. The highest BCUT2D eigenvalue weighted by molar-refractivity contribution is 5.89. The van der Waals surface area contributed by atoms with Gasteiger partial charge in [-0.3, -0.25) is 5.32 Å². The van der Waals surface area contributed by atoms with Crippen LogP contribution in [0.2, 0.25) is 0 Å². The molecule has 0 saturated carbocycles. The van der Waals surface area contributed by atoms with Crippen molar-refractivity contribution in [2.45, 2.75) is 39.3 Å². The van der Waals surface area contributed by atoms with E-state index in [1.807, 2.05) is 31.2 Å². The summed E-state index contributed by atoms with van der Waals surface area (Å²) in [5, 5.41) is 2.58. The van der Waals surface area contributed by atoms with Crippen molar-refractivity contribution in [3.63, 3.8) is 0 Å². The number of fused-ring (bicyclic) bond motifs is 3. The van der Waals surface area contributed by atoms with Gasteiger partial charge < -0.3 is 19.9 Å². The van der Waals surface area contributed by atoms with Crippen LogP contribution in [0.15, 0.2) is 30.5 Å². The lowest BCUT2D eigenvalue weighted by atomic mass is 9.93. The monoisotopic (exact) mass is 385 g/mol. The molecule has 28 heavy (non-hydrogen) atoms. The molecule has 0 saturated heterocycles. The van der Waals surface area contributed by atoms with Gasteiger partial charge in [-0.1, -0.05) is 19.9 Å². The van der Waals surface area contributed by atoms with E-state index in [0.717, 1.165) is 28.9 Å². The number of methoxy groups -OCH3 is 1. The fraction of sp³-hybridized carbons (Fsp3) is 0.429. The summed E-state index contributed by atoms with van der Waals surface area (Å²) < 4.78 is 16.5. The molecule has 3 rings (SSSR count). The lowest BCUT2D eigenvalue weighted by Gasteiger charge is -2.27. The molecule has 0 fully saturated rings. The number of ether oxygens (including phenoxy) is 3.